The summed E-state index contributed by atoms with van der Waals surface area (Å²) in [6, 6.07) is 3.59. The van der Waals surface area contributed by atoms with Crippen LogP contribution in [-0.4, -0.2) is 9.97 Å². The van der Waals surface area contributed by atoms with Crippen molar-refractivity contribution >= 4 is 17.2 Å². The van der Waals surface area contributed by atoms with Crippen molar-refractivity contribution in [1.29, 1.82) is 0 Å². The van der Waals surface area contributed by atoms with E-state index in [0.29, 0.717) is 0 Å². The van der Waals surface area contributed by atoms with E-state index in [1.54, 1.807) is 6.20 Å². The smallest absolute Gasteiger partial charge is 0.361 e. The molecule has 2 heterocycles. The van der Waals surface area contributed by atoms with Crippen molar-refractivity contribution in [2.45, 2.75) is 19.1 Å². The van der Waals surface area contributed by atoms with Gasteiger partial charge in [-0.1, -0.05) is 6.07 Å². The molecule has 0 saturated heterocycles. The summed E-state index contributed by atoms with van der Waals surface area (Å²) in [6.07, 6.45) is -2.78. The zero-order valence-corrected chi connectivity index (χ0v) is 10.2. The quantitative estimate of drug-likeness (QED) is 0.926. The molecular formula is C11H10F3N3S. The van der Waals surface area contributed by atoms with E-state index in [2.05, 4.69) is 15.3 Å². The van der Waals surface area contributed by atoms with Crippen molar-refractivity contribution in [2.24, 2.45) is 0 Å². The Morgan fingerprint density at radius 1 is 1.33 bits per heavy atom. The number of rotatable bonds is 3. The molecule has 1 N–H and O–H groups in total. The second-order valence-corrected chi connectivity index (χ2v) is 4.57. The summed E-state index contributed by atoms with van der Waals surface area (Å²) in [5.41, 5.74) is -0.904. The monoisotopic (exact) mass is 273 g/mol. The Kier molecular flexibility index (Phi) is 3.51. The van der Waals surface area contributed by atoms with E-state index in [1.807, 2.05) is 12.3 Å². The Labute approximate surface area is 106 Å². The molecule has 0 saturated carbocycles. The Bertz CT molecular complexity index is 511. The highest BCUT2D eigenvalue weighted by Gasteiger charge is 2.32. The van der Waals surface area contributed by atoms with Crippen LogP contribution in [0.2, 0.25) is 0 Å². The van der Waals surface area contributed by atoms with Gasteiger partial charge in [0.2, 0.25) is 0 Å². The zero-order valence-electron chi connectivity index (χ0n) is 9.40. The number of anilines is 1. The first-order valence-corrected chi connectivity index (χ1v) is 6.05. The summed E-state index contributed by atoms with van der Waals surface area (Å²) < 4.78 is 37.4. The van der Waals surface area contributed by atoms with Gasteiger partial charge in [0, 0.05) is 11.6 Å². The molecule has 7 heteroatoms. The van der Waals surface area contributed by atoms with Crippen LogP contribution in [0.5, 0.6) is 0 Å². The lowest BCUT2D eigenvalue weighted by molar-refractivity contribution is -0.141. The molecule has 96 valence electrons. The minimum atomic E-state index is -4.43. The van der Waals surface area contributed by atoms with Gasteiger partial charge in [-0.05, 0) is 19.1 Å². The predicted molar refractivity (Wildman–Crippen MR) is 63.4 cm³/mol. The standard InChI is InChI=1S/C11H10F3N3S/c1-7(10-15-5-6-18-10)16-9-4-2-3-8(17-9)11(12,13)14/h2-7H,1H3,(H,16,17). The largest absolute Gasteiger partial charge is 0.433 e. The third-order valence-electron chi connectivity index (χ3n) is 2.23. The summed E-state index contributed by atoms with van der Waals surface area (Å²) in [5.74, 6) is 0.188. The molecule has 0 spiro atoms. The van der Waals surface area contributed by atoms with Crippen molar-refractivity contribution in [2.75, 3.05) is 5.32 Å². The van der Waals surface area contributed by atoms with Crippen LogP contribution in [-0.2, 0) is 6.18 Å². The lowest BCUT2D eigenvalue weighted by Gasteiger charge is -2.13. The summed E-state index contributed by atoms with van der Waals surface area (Å²) in [5, 5.41) is 5.51. The minimum absolute atomic E-state index is 0.180. The van der Waals surface area contributed by atoms with Crippen LogP contribution >= 0.6 is 11.3 Å². The molecule has 0 aliphatic carbocycles. The molecule has 0 radical (unpaired) electrons. The van der Waals surface area contributed by atoms with Gasteiger partial charge in [0.1, 0.15) is 16.5 Å². The van der Waals surface area contributed by atoms with Gasteiger partial charge in [0.05, 0.1) is 6.04 Å². The highest BCUT2D eigenvalue weighted by atomic mass is 32.1. The van der Waals surface area contributed by atoms with Gasteiger partial charge < -0.3 is 5.32 Å². The molecule has 3 nitrogen and oxygen atoms in total. The number of pyridine rings is 1. The molecule has 18 heavy (non-hydrogen) atoms. The maximum absolute atomic E-state index is 12.5. The number of nitrogens with one attached hydrogen (secondary N) is 1. The maximum atomic E-state index is 12.5. The highest BCUT2D eigenvalue weighted by molar-refractivity contribution is 7.09. The zero-order chi connectivity index (χ0) is 13.2. The van der Waals surface area contributed by atoms with E-state index < -0.39 is 11.9 Å². The number of thiazole rings is 1. The van der Waals surface area contributed by atoms with E-state index in [9.17, 15) is 13.2 Å². The van der Waals surface area contributed by atoms with E-state index in [-0.39, 0.29) is 11.9 Å². The van der Waals surface area contributed by atoms with Gasteiger partial charge >= 0.3 is 6.18 Å². The van der Waals surface area contributed by atoms with Crippen LogP contribution in [0.3, 0.4) is 0 Å². The van der Waals surface area contributed by atoms with E-state index >= 15 is 0 Å². The van der Waals surface area contributed by atoms with Gasteiger partial charge in [-0.2, -0.15) is 13.2 Å². The number of nitrogens with zero attached hydrogens (tertiary/aromatic N) is 2. The molecule has 0 bridgehead atoms. The molecule has 2 rings (SSSR count). The highest BCUT2D eigenvalue weighted by Crippen LogP contribution is 2.29. The van der Waals surface area contributed by atoms with Gasteiger partial charge in [-0.25, -0.2) is 9.97 Å². The van der Waals surface area contributed by atoms with Gasteiger partial charge in [-0.3, -0.25) is 0 Å². The second kappa shape index (κ2) is 4.93. The van der Waals surface area contributed by atoms with Crippen LogP contribution in [0, 0.1) is 0 Å². The Morgan fingerprint density at radius 3 is 2.72 bits per heavy atom. The average Bonchev–Trinajstić information content (AvgIpc) is 2.81. The topological polar surface area (TPSA) is 37.8 Å². The second-order valence-electron chi connectivity index (χ2n) is 3.64. The van der Waals surface area contributed by atoms with E-state index in [0.717, 1.165) is 11.1 Å². The van der Waals surface area contributed by atoms with Crippen molar-refractivity contribution < 1.29 is 13.2 Å². The third-order valence-corrected chi connectivity index (χ3v) is 3.18. The first kappa shape index (κ1) is 12.8. The van der Waals surface area contributed by atoms with Crippen molar-refractivity contribution in [1.82, 2.24) is 9.97 Å². The predicted octanol–water partition coefficient (Wildman–Crippen LogP) is 3.73. The number of hydrogen-bond donors (Lipinski definition) is 1. The number of aromatic nitrogens is 2. The van der Waals surface area contributed by atoms with Gasteiger partial charge in [0.15, 0.2) is 0 Å². The summed E-state index contributed by atoms with van der Waals surface area (Å²) in [4.78, 5) is 7.62. The Balaban J connectivity index is 2.15. The van der Waals surface area contributed by atoms with E-state index in [4.69, 9.17) is 0 Å². The normalized spacial score (nSPS) is 13.3. The molecule has 1 unspecified atom stereocenters. The minimum Gasteiger partial charge on any atom is -0.361 e. The fraction of sp³-hybridized carbons (Fsp3) is 0.273. The molecule has 2 aromatic rings. The van der Waals surface area contributed by atoms with Crippen molar-refractivity contribution in [3.05, 3.63) is 40.5 Å². The first-order valence-electron chi connectivity index (χ1n) is 5.17. The van der Waals surface area contributed by atoms with Crippen LogP contribution in [0.25, 0.3) is 0 Å². The third kappa shape index (κ3) is 2.98. The maximum Gasteiger partial charge on any atom is 0.433 e. The molecule has 0 fully saturated rings. The lowest BCUT2D eigenvalue weighted by atomic mass is 10.3. The van der Waals surface area contributed by atoms with Gasteiger partial charge in [0.25, 0.3) is 0 Å². The van der Waals surface area contributed by atoms with Crippen LogP contribution < -0.4 is 5.32 Å². The van der Waals surface area contributed by atoms with Crippen molar-refractivity contribution in [3.63, 3.8) is 0 Å². The molecule has 0 amide bonds. The molecule has 0 aliphatic rings. The first-order chi connectivity index (χ1) is 8.47. The summed E-state index contributed by atoms with van der Waals surface area (Å²) in [7, 11) is 0. The SMILES string of the molecule is CC(Nc1cccc(C(F)(F)F)n1)c1nccs1. The molecule has 0 aliphatic heterocycles. The van der Waals surface area contributed by atoms with E-state index in [1.165, 1.54) is 23.5 Å². The summed E-state index contributed by atoms with van der Waals surface area (Å²) >= 11 is 1.44. The molecular weight excluding hydrogens is 263 g/mol. The molecule has 1 atom stereocenters. The fourth-order valence-corrected chi connectivity index (χ4v) is 2.05. The number of halogens is 3. The Hall–Kier alpha value is -1.63. The number of hydrogen-bond acceptors (Lipinski definition) is 4. The van der Waals surface area contributed by atoms with Crippen LogP contribution in [0.1, 0.15) is 23.7 Å². The van der Waals surface area contributed by atoms with Crippen LogP contribution in [0.15, 0.2) is 29.8 Å². The molecule has 2 aromatic heterocycles. The van der Waals surface area contributed by atoms with Crippen molar-refractivity contribution in [3.8, 4) is 0 Å². The Morgan fingerprint density at radius 2 is 2.11 bits per heavy atom. The summed E-state index contributed by atoms with van der Waals surface area (Å²) in [6.45, 7) is 1.82. The fourth-order valence-electron chi connectivity index (χ4n) is 1.40. The lowest BCUT2D eigenvalue weighted by Crippen LogP contribution is -2.12. The van der Waals surface area contributed by atoms with Gasteiger partial charge in [-0.15, -0.1) is 11.3 Å². The molecule has 0 aromatic carbocycles. The average molecular weight is 273 g/mol. The van der Waals surface area contributed by atoms with Crippen LogP contribution in [0.4, 0.5) is 19.0 Å². The number of alkyl halides is 3.